The maximum Gasteiger partial charge on any atom is 0.271 e. The quantitative estimate of drug-likeness (QED) is 0.198. The van der Waals surface area contributed by atoms with Gasteiger partial charge >= 0.3 is 0 Å². The number of benzene rings is 3. The Balaban J connectivity index is 1.71. The highest BCUT2D eigenvalue weighted by atomic mass is 79.9. The van der Waals surface area contributed by atoms with Crippen molar-refractivity contribution < 1.29 is 18.8 Å². The molecule has 0 fully saturated rings. The Morgan fingerprint density at radius 2 is 1.94 bits per heavy atom. The third-order valence-corrected chi connectivity index (χ3v) is 4.87. The Hall–Kier alpha value is -4.03. The van der Waals surface area contributed by atoms with E-state index in [4.69, 9.17) is 4.74 Å². The fourth-order valence-corrected chi connectivity index (χ4v) is 3.19. The molecule has 0 saturated carbocycles. The van der Waals surface area contributed by atoms with Gasteiger partial charge in [0, 0.05) is 17.8 Å². The number of carbonyl (C=O) groups excluding carboxylic acids is 1. The van der Waals surface area contributed by atoms with Gasteiger partial charge in [-0.15, -0.1) is 0 Å². The van der Waals surface area contributed by atoms with E-state index in [-0.39, 0.29) is 29.4 Å². The second-order valence-corrected chi connectivity index (χ2v) is 7.39. The van der Waals surface area contributed by atoms with Gasteiger partial charge in [-0.2, -0.15) is 5.26 Å². The van der Waals surface area contributed by atoms with Crippen molar-refractivity contribution in [3.63, 3.8) is 0 Å². The summed E-state index contributed by atoms with van der Waals surface area (Å²) in [5.41, 5.74) is 1.22. The van der Waals surface area contributed by atoms with Crippen molar-refractivity contribution in [2.45, 2.75) is 6.61 Å². The molecule has 0 unspecified atom stereocenters. The number of nitriles is 1. The third kappa shape index (κ3) is 6.00. The van der Waals surface area contributed by atoms with E-state index < -0.39 is 10.8 Å². The molecule has 0 spiro atoms. The Labute approximate surface area is 191 Å². The van der Waals surface area contributed by atoms with E-state index >= 15 is 0 Å². The van der Waals surface area contributed by atoms with Crippen LogP contribution in [0.2, 0.25) is 0 Å². The van der Waals surface area contributed by atoms with E-state index in [2.05, 4.69) is 21.2 Å². The molecule has 160 valence electrons. The van der Waals surface area contributed by atoms with Crippen LogP contribution in [-0.2, 0) is 11.4 Å². The molecule has 0 heterocycles. The van der Waals surface area contributed by atoms with Crippen LogP contribution >= 0.6 is 15.9 Å². The molecular weight excluding hydrogens is 481 g/mol. The smallest absolute Gasteiger partial charge is 0.271 e. The number of hydrogen-bond donors (Lipinski definition) is 1. The monoisotopic (exact) mass is 495 g/mol. The van der Waals surface area contributed by atoms with Gasteiger partial charge in [-0.1, -0.05) is 24.3 Å². The Morgan fingerprint density at radius 1 is 1.19 bits per heavy atom. The molecule has 3 rings (SSSR count). The molecule has 0 bridgehead atoms. The summed E-state index contributed by atoms with van der Waals surface area (Å²) in [6.45, 7) is 0.239. The number of nitrogens with zero attached hydrogens (tertiary/aromatic N) is 2. The second kappa shape index (κ2) is 10.3. The predicted molar refractivity (Wildman–Crippen MR) is 120 cm³/mol. The van der Waals surface area contributed by atoms with Crippen molar-refractivity contribution in [1.29, 1.82) is 5.26 Å². The molecule has 3 aromatic carbocycles. The average molecular weight is 496 g/mol. The Kier molecular flexibility index (Phi) is 7.31. The number of halogens is 2. The van der Waals surface area contributed by atoms with Crippen LogP contribution in [0.3, 0.4) is 0 Å². The average Bonchev–Trinajstić information content (AvgIpc) is 2.78. The van der Waals surface area contributed by atoms with Crippen LogP contribution in [0, 0.1) is 27.3 Å². The standard InChI is InChI=1S/C23H15BrFN3O4/c24-21-11-16(6-9-22(21)32-14-15-4-7-18(25)8-5-15)10-17(13-26)23(29)27-19-2-1-3-20(12-19)28(30)31/h1-12H,14H2,(H,27,29)/b17-10+. The molecule has 0 aromatic heterocycles. The topological polar surface area (TPSA) is 105 Å². The third-order valence-electron chi connectivity index (χ3n) is 4.25. The minimum atomic E-state index is -0.694. The molecule has 0 aliphatic carbocycles. The summed E-state index contributed by atoms with van der Waals surface area (Å²) in [4.78, 5) is 22.7. The molecule has 7 nitrogen and oxygen atoms in total. The van der Waals surface area contributed by atoms with E-state index in [1.165, 1.54) is 42.5 Å². The van der Waals surface area contributed by atoms with Gasteiger partial charge in [-0.05, 0) is 63.5 Å². The number of nitro benzene ring substituents is 1. The lowest BCUT2D eigenvalue weighted by Gasteiger charge is -2.09. The number of nitro groups is 1. The predicted octanol–water partition coefficient (Wildman–Crippen LogP) is 5.62. The van der Waals surface area contributed by atoms with Crippen molar-refractivity contribution in [3.8, 4) is 11.8 Å². The highest BCUT2D eigenvalue weighted by Gasteiger charge is 2.13. The summed E-state index contributed by atoms with van der Waals surface area (Å²) in [5.74, 6) is -0.485. The van der Waals surface area contributed by atoms with Gasteiger partial charge in [0.15, 0.2) is 0 Å². The van der Waals surface area contributed by atoms with Crippen molar-refractivity contribution >= 4 is 39.3 Å². The van der Waals surface area contributed by atoms with Gasteiger partial charge in [0.05, 0.1) is 9.40 Å². The van der Waals surface area contributed by atoms with Crippen LogP contribution < -0.4 is 10.1 Å². The minimum absolute atomic E-state index is 0.176. The van der Waals surface area contributed by atoms with Crippen LogP contribution in [0.4, 0.5) is 15.8 Å². The number of non-ortho nitro benzene ring substituents is 1. The SMILES string of the molecule is N#C/C(=C\c1ccc(OCc2ccc(F)cc2)c(Br)c1)C(=O)Nc1cccc([N+](=O)[O-])c1. The van der Waals surface area contributed by atoms with Crippen molar-refractivity contribution in [2.24, 2.45) is 0 Å². The summed E-state index contributed by atoms with van der Waals surface area (Å²) in [6, 6.07) is 18.2. The first-order chi connectivity index (χ1) is 15.4. The van der Waals surface area contributed by atoms with E-state index in [9.17, 15) is 24.6 Å². The van der Waals surface area contributed by atoms with Crippen molar-refractivity contribution in [1.82, 2.24) is 0 Å². The summed E-state index contributed by atoms with van der Waals surface area (Å²) >= 11 is 3.39. The molecule has 0 aliphatic rings. The lowest BCUT2D eigenvalue weighted by atomic mass is 10.1. The van der Waals surface area contributed by atoms with E-state index in [0.29, 0.717) is 15.8 Å². The fraction of sp³-hybridized carbons (Fsp3) is 0.0435. The van der Waals surface area contributed by atoms with E-state index in [1.54, 1.807) is 30.3 Å². The number of ether oxygens (including phenoxy) is 1. The van der Waals surface area contributed by atoms with E-state index in [0.717, 1.165) is 5.56 Å². The van der Waals surface area contributed by atoms with Crippen LogP contribution in [0.25, 0.3) is 6.08 Å². The van der Waals surface area contributed by atoms with Gasteiger partial charge in [0.1, 0.15) is 29.8 Å². The summed E-state index contributed by atoms with van der Waals surface area (Å²) in [5, 5.41) is 22.7. The number of carbonyl (C=O) groups is 1. The van der Waals surface area contributed by atoms with Crippen LogP contribution in [0.15, 0.2) is 76.8 Å². The Morgan fingerprint density at radius 3 is 2.59 bits per heavy atom. The number of amides is 1. The van der Waals surface area contributed by atoms with Crippen molar-refractivity contribution in [3.05, 3.63) is 104 Å². The first kappa shape index (κ1) is 22.7. The van der Waals surface area contributed by atoms with Gasteiger partial charge in [-0.25, -0.2) is 4.39 Å². The molecule has 0 aliphatic heterocycles. The van der Waals surface area contributed by atoms with Gasteiger partial charge < -0.3 is 10.1 Å². The van der Waals surface area contributed by atoms with Gasteiger partial charge in [-0.3, -0.25) is 14.9 Å². The largest absolute Gasteiger partial charge is 0.488 e. The number of rotatable bonds is 7. The summed E-state index contributed by atoms with van der Waals surface area (Å²) < 4.78 is 19.3. The lowest BCUT2D eigenvalue weighted by Crippen LogP contribution is -2.13. The van der Waals surface area contributed by atoms with E-state index in [1.807, 2.05) is 6.07 Å². The maximum atomic E-state index is 13.0. The highest BCUT2D eigenvalue weighted by molar-refractivity contribution is 9.10. The van der Waals surface area contributed by atoms with Crippen molar-refractivity contribution in [2.75, 3.05) is 5.32 Å². The molecule has 3 aromatic rings. The van der Waals surface area contributed by atoms with Gasteiger partial charge in [0.2, 0.25) is 0 Å². The normalized spacial score (nSPS) is 10.8. The Bertz CT molecular complexity index is 1240. The zero-order chi connectivity index (χ0) is 23.1. The van der Waals surface area contributed by atoms with Crippen LogP contribution in [0.1, 0.15) is 11.1 Å². The first-order valence-electron chi connectivity index (χ1n) is 9.20. The highest BCUT2D eigenvalue weighted by Crippen LogP contribution is 2.28. The minimum Gasteiger partial charge on any atom is -0.488 e. The number of hydrogen-bond acceptors (Lipinski definition) is 5. The van der Waals surface area contributed by atoms with Crippen LogP contribution in [-0.4, -0.2) is 10.8 Å². The zero-order valence-electron chi connectivity index (χ0n) is 16.4. The fourth-order valence-electron chi connectivity index (χ4n) is 2.68. The maximum absolute atomic E-state index is 13.0. The first-order valence-corrected chi connectivity index (χ1v) is 9.99. The summed E-state index contributed by atoms with van der Waals surface area (Å²) in [7, 11) is 0. The molecule has 9 heteroatoms. The summed E-state index contributed by atoms with van der Waals surface area (Å²) in [6.07, 6.45) is 1.39. The molecule has 0 atom stereocenters. The molecule has 0 radical (unpaired) electrons. The molecular formula is C23H15BrFN3O4. The van der Waals surface area contributed by atoms with Gasteiger partial charge in [0.25, 0.3) is 11.6 Å². The molecule has 32 heavy (non-hydrogen) atoms. The lowest BCUT2D eigenvalue weighted by molar-refractivity contribution is -0.384. The number of anilines is 1. The molecule has 0 saturated heterocycles. The zero-order valence-corrected chi connectivity index (χ0v) is 18.0. The molecule has 1 N–H and O–H groups in total. The second-order valence-electron chi connectivity index (χ2n) is 6.54. The number of nitrogens with one attached hydrogen (secondary N) is 1. The van der Waals surface area contributed by atoms with Crippen LogP contribution in [0.5, 0.6) is 5.75 Å². The molecule has 1 amide bonds.